The number of hydrogen-bond acceptors (Lipinski definition) is 1. The Morgan fingerprint density at radius 3 is 2.67 bits per heavy atom. The molecule has 0 aliphatic heterocycles. The number of hydrogen-bond donors (Lipinski definition) is 0. The van der Waals surface area contributed by atoms with Crippen molar-refractivity contribution in [3.63, 3.8) is 0 Å². The van der Waals surface area contributed by atoms with Crippen LogP contribution in [0.4, 0.5) is 0 Å². The second kappa shape index (κ2) is 2.59. The van der Waals surface area contributed by atoms with Gasteiger partial charge in [-0.25, -0.2) is 0 Å². The molecule has 0 aromatic heterocycles. The highest BCUT2D eigenvalue weighted by molar-refractivity contribution is 6.01. The average Bonchev–Trinajstić information content (AvgIpc) is 2.47. The van der Waals surface area contributed by atoms with Crippen LogP contribution in [-0.2, 0) is 4.79 Å². The van der Waals surface area contributed by atoms with Crippen molar-refractivity contribution in [3.05, 3.63) is 47.4 Å². The Bertz CT molecular complexity index is 350. The third-order valence-corrected chi connectivity index (χ3v) is 2.06. The summed E-state index contributed by atoms with van der Waals surface area (Å²) in [4.78, 5) is 11.1. The lowest BCUT2D eigenvalue weighted by Crippen LogP contribution is -2.04. The molecule has 1 nitrogen and oxygen atoms in total. The number of fused-ring (bicyclic) bond motifs is 1. The molecule has 1 heteroatoms. The maximum Gasteiger partial charge on any atom is 0.145 e. The van der Waals surface area contributed by atoms with E-state index in [1.54, 1.807) is 6.92 Å². The van der Waals surface area contributed by atoms with Crippen LogP contribution in [0.25, 0.3) is 6.08 Å². The van der Waals surface area contributed by atoms with E-state index < -0.39 is 0 Å². The summed E-state index contributed by atoms with van der Waals surface area (Å²) < 4.78 is 0. The highest BCUT2D eigenvalue weighted by Crippen LogP contribution is 2.29. The molecule has 1 aromatic carbocycles. The maximum absolute atomic E-state index is 11.1. The summed E-state index contributed by atoms with van der Waals surface area (Å²) in [6.45, 7) is 1.60. The summed E-state index contributed by atoms with van der Waals surface area (Å²) in [6, 6.07) is 7.93. The first-order valence-corrected chi connectivity index (χ1v) is 3.94. The van der Waals surface area contributed by atoms with Gasteiger partial charge >= 0.3 is 0 Å². The number of carbonyl (C=O) groups is 1. The minimum absolute atomic E-state index is 0.135. The number of carbonyl (C=O) groups excluding carboxylic acids is 1. The number of Topliss-reactive ketones (excluding diaryl/α,β-unsaturated/α-hetero) is 1. The van der Waals surface area contributed by atoms with Gasteiger partial charge in [0.05, 0.1) is 5.92 Å². The molecule has 1 aliphatic carbocycles. The molecule has 0 saturated heterocycles. The molecule has 1 radical (unpaired) electrons. The predicted octanol–water partition coefficient (Wildman–Crippen LogP) is 2.22. The minimum atomic E-state index is 0.135. The SMILES string of the molecule is CC(=O)[C]1C=Cc2ccccc21. The first-order valence-electron chi connectivity index (χ1n) is 3.94. The van der Waals surface area contributed by atoms with Crippen LogP contribution >= 0.6 is 0 Å². The van der Waals surface area contributed by atoms with Crippen LogP contribution in [0, 0.1) is 5.92 Å². The second-order valence-corrected chi connectivity index (χ2v) is 2.89. The van der Waals surface area contributed by atoms with Crippen LogP contribution in [0.3, 0.4) is 0 Å². The normalized spacial score (nSPS) is 14.8. The molecule has 2 rings (SSSR count). The van der Waals surface area contributed by atoms with E-state index in [9.17, 15) is 4.79 Å². The van der Waals surface area contributed by atoms with Gasteiger partial charge in [-0.05, 0) is 18.1 Å². The van der Waals surface area contributed by atoms with Crippen LogP contribution in [-0.4, -0.2) is 5.78 Å². The van der Waals surface area contributed by atoms with Gasteiger partial charge in [0.15, 0.2) is 0 Å². The molecule has 0 heterocycles. The van der Waals surface area contributed by atoms with Gasteiger partial charge in [0.1, 0.15) is 5.78 Å². The highest BCUT2D eigenvalue weighted by Gasteiger charge is 2.20. The van der Waals surface area contributed by atoms with Crippen molar-refractivity contribution in [1.82, 2.24) is 0 Å². The number of rotatable bonds is 1. The van der Waals surface area contributed by atoms with Crippen LogP contribution < -0.4 is 0 Å². The van der Waals surface area contributed by atoms with E-state index in [0.29, 0.717) is 0 Å². The van der Waals surface area contributed by atoms with Crippen molar-refractivity contribution >= 4 is 11.9 Å². The van der Waals surface area contributed by atoms with Crippen LogP contribution in [0.5, 0.6) is 0 Å². The van der Waals surface area contributed by atoms with Gasteiger partial charge in [-0.1, -0.05) is 36.4 Å². The van der Waals surface area contributed by atoms with E-state index in [-0.39, 0.29) is 5.78 Å². The highest BCUT2D eigenvalue weighted by atomic mass is 16.1. The number of allylic oxidation sites excluding steroid dienone is 1. The standard InChI is InChI=1S/C11H9O/c1-8(12)10-7-6-9-4-2-3-5-11(9)10/h2-7H,1H3. The van der Waals surface area contributed by atoms with Crippen LogP contribution in [0.1, 0.15) is 18.1 Å². The molecule has 1 aliphatic rings. The maximum atomic E-state index is 11.1. The first-order chi connectivity index (χ1) is 5.79. The Morgan fingerprint density at radius 2 is 1.92 bits per heavy atom. The van der Waals surface area contributed by atoms with Gasteiger partial charge in [-0.3, -0.25) is 4.79 Å². The third kappa shape index (κ3) is 0.981. The van der Waals surface area contributed by atoms with E-state index in [4.69, 9.17) is 0 Å². The van der Waals surface area contributed by atoms with Gasteiger partial charge in [0.25, 0.3) is 0 Å². The molecular formula is C11H9O. The average molecular weight is 157 g/mol. The first kappa shape index (κ1) is 7.29. The summed E-state index contributed by atoms with van der Waals surface area (Å²) >= 11 is 0. The molecule has 1 aromatic rings. The van der Waals surface area contributed by atoms with E-state index in [2.05, 4.69) is 0 Å². The lowest BCUT2D eigenvalue weighted by molar-refractivity contribution is -0.114. The van der Waals surface area contributed by atoms with Crippen LogP contribution in [0.15, 0.2) is 30.3 Å². The summed E-state index contributed by atoms with van der Waals surface area (Å²) in [5.41, 5.74) is 2.20. The molecule has 0 fully saturated rings. The smallest absolute Gasteiger partial charge is 0.145 e. The molecule has 0 N–H and O–H groups in total. The number of ketones is 1. The zero-order valence-corrected chi connectivity index (χ0v) is 6.87. The van der Waals surface area contributed by atoms with Crippen molar-refractivity contribution in [3.8, 4) is 0 Å². The quantitative estimate of drug-likeness (QED) is 0.611. The Kier molecular flexibility index (Phi) is 1.58. The molecule has 0 amide bonds. The van der Waals surface area contributed by atoms with Crippen molar-refractivity contribution in [2.75, 3.05) is 0 Å². The lowest BCUT2D eigenvalue weighted by Gasteiger charge is -2.04. The Balaban J connectivity index is 2.49. The zero-order chi connectivity index (χ0) is 8.55. The van der Waals surface area contributed by atoms with Crippen molar-refractivity contribution in [2.24, 2.45) is 0 Å². The fourth-order valence-electron chi connectivity index (χ4n) is 1.46. The van der Waals surface area contributed by atoms with E-state index in [1.807, 2.05) is 36.4 Å². The van der Waals surface area contributed by atoms with E-state index >= 15 is 0 Å². The van der Waals surface area contributed by atoms with Gasteiger partial charge in [0.2, 0.25) is 0 Å². The van der Waals surface area contributed by atoms with E-state index in [0.717, 1.165) is 17.0 Å². The molecule has 0 saturated carbocycles. The van der Waals surface area contributed by atoms with Gasteiger partial charge in [-0.15, -0.1) is 0 Å². The molecule has 59 valence electrons. The summed E-state index contributed by atoms with van der Waals surface area (Å²) in [5, 5.41) is 0. The Labute approximate surface area is 71.7 Å². The molecular weight excluding hydrogens is 148 g/mol. The Hall–Kier alpha value is -1.37. The monoisotopic (exact) mass is 157 g/mol. The molecule has 12 heavy (non-hydrogen) atoms. The summed E-state index contributed by atoms with van der Waals surface area (Å²) in [6.07, 6.45) is 3.86. The second-order valence-electron chi connectivity index (χ2n) is 2.89. The zero-order valence-electron chi connectivity index (χ0n) is 6.87. The topological polar surface area (TPSA) is 17.1 Å². The van der Waals surface area contributed by atoms with Gasteiger partial charge in [0, 0.05) is 0 Å². The lowest BCUT2D eigenvalue weighted by atomic mass is 9.98. The summed E-state index contributed by atoms with van der Waals surface area (Å²) in [7, 11) is 0. The van der Waals surface area contributed by atoms with Crippen molar-refractivity contribution < 1.29 is 4.79 Å². The Morgan fingerprint density at radius 1 is 1.17 bits per heavy atom. The third-order valence-electron chi connectivity index (χ3n) is 2.06. The molecule has 0 bridgehead atoms. The molecule has 0 atom stereocenters. The molecule has 0 spiro atoms. The summed E-state index contributed by atoms with van der Waals surface area (Å²) in [5.74, 6) is 0.960. The van der Waals surface area contributed by atoms with Crippen molar-refractivity contribution in [2.45, 2.75) is 6.92 Å². The largest absolute Gasteiger partial charge is 0.299 e. The minimum Gasteiger partial charge on any atom is -0.299 e. The fraction of sp³-hybridized carbons (Fsp3) is 0.0909. The van der Waals surface area contributed by atoms with E-state index in [1.165, 1.54) is 0 Å². The van der Waals surface area contributed by atoms with Crippen molar-refractivity contribution in [1.29, 1.82) is 0 Å². The predicted molar refractivity (Wildman–Crippen MR) is 48.5 cm³/mol. The van der Waals surface area contributed by atoms with Crippen LogP contribution in [0.2, 0.25) is 0 Å². The number of benzene rings is 1. The van der Waals surface area contributed by atoms with Gasteiger partial charge in [-0.2, -0.15) is 0 Å². The molecule has 0 unspecified atom stereocenters. The van der Waals surface area contributed by atoms with Gasteiger partial charge < -0.3 is 0 Å². The fourth-order valence-corrected chi connectivity index (χ4v) is 1.46.